The van der Waals surface area contributed by atoms with E-state index in [9.17, 15) is 0 Å². The highest BCUT2D eigenvalue weighted by molar-refractivity contribution is 5.28. The first-order valence-corrected chi connectivity index (χ1v) is 9.30. The van der Waals surface area contributed by atoms with Crippen molar-refractivity contribution in [2.45, 2.75) is 25.7 Å². The number of benzene rings is 1. The highest BCUT2D eigenvalue weighted by Gasteiger charge is 2.24. The highest BCUT2D eigenvalue weighted by atomic mass is 16.5. The van der Waals surface area contributed by atoms with Crippen LogP contribution in [0.2, 0.25) is 0 Å². The second-order valence-corrected chi connectivity index (χ2v) is 6.92. The minimum atomic E-state index is 0.304. The molecule has 1 atom stereocenters. The number of nitrogens with zero attached hydrogens (tertiary/aromatic N) is 3. The van der Waals surface area contributed by atoms with E-state index >= 15 is 0 Å². The van der Waals surface area contributed by atoms with Crippen molar-refractivity contribution in [1.29, 1.82) is 0 Å². The number of aromatic nitrogens is 2. The van der Waals surface area contributed by atoms with Gasteiger partial charge in [-0.1, -0.05) is 18.2 Å². The lowest BCUT2D eigenvalue weighted by Gasteiger charge is -2.35. The Hall–Kier alpha value is -2.63. The van der Waals surface area contributed by atoms with Gasteiger partial charge in [-0.2, -0.15) is 0 Å². The summed E-state index contributed by atoms with van der Waals surface area (Å²) in [5.41, 5.74) is 3.56. The van der Waals surface area contributed by atoms with Gasteiger partial charge in [-0.25, -0.2) is 0 Å². The molecule has 1 aliphatic heterocycles. The van der Waals surface area contributed by atoms with Crippen LogP contribution >= 0.6 is 0 Å². The summed E-state index contributed by atoms with van der Waals surface area (Å²) in [6.45, 7) is 4.03. The molecule has 0 saturated carbocycles. The van der Waals surface area contributed by atoms with Crippen LogP contribution < -0.4 is 4.74 Å². The number of pyridine rings is 1. The maximum atomic E-state index is 5.99. The number of fused-ring (bicyclic) bond motifs is 1. The van der Waals surface area contributed by atoms with Gasteiger partial charge in [-0.3, -0.25) is 9.88 Å². The minimum absolute atomic E-state index is 0.304. The molecule has 0 saturated heterocycles. The number of ether oxygens (including phenoxy) is 2. The van der Waals surface area contributed by atoms with Crippen LogP contribution in [0.5, 0.6) is 5.75 Å². The zero-order valence-corrected chi connectivity index (χ0v) is 15.6. The van der Waals surface area contributed by atoms with Crippen molar-refractivity contribution in [1.82, 2.24) is 14.5 Å². The molecule has 0 bridgehead atoms. The molecule has 3 heterocycles. The van der Waals surface area contributed by atoms with E-state index in [2.05, 4.69) is 44.9 Å². The summed E-state index contributed by atoms with van der Waals surface area (Å²) in [6, 6.07) is 18.8. The van der Waals surface area contributed by atoms with Gasteiger partial charge in [-0.15, -0.1) is 0 Å². The molecule has 5 nitrogen and oxygen atoms in total. The van der Waals surface area contributed by atoms with Crippen LogP contribution in [0, 0.1) is 0 Å². The van der Waals surface area contributed by atoms with Crippen molar-refractivity contribution in [3.8, 4) is 5.75 Å². The van der Waals surface area contributed by atoms with Crippen LogP contribution in [0.1, 0.15) is 23.0 Å². The lowest BCUT2D eigenvalue weighted by molar-refractivity contribution is 0.0574. The molecule has 0 radical (unpaired) electrons. The zero-order chi connectivity index (χ0) is 18.5. The van der Waals surface area contributed by atoms with E-state index in [0.29, 0.717) is 19.3 Å². The molecule has 0 N–H and O–H groups in total. The van der Waals surface area contributed by atoms with Gasteiger partial charge in [0.1, 0.15) is 5.75 Å². The molecule has 140 valence electrons. The first-order chi connectivity index (χ1) is 13.3. The van der Waals surface area contributed by atoms with Crippen molar-refractivity contribution in [3.05, 3.63) is 83.9 Å². The summed E-state index contributed by atoms with van der Waals surface area (Å²) in [4.78, 5) is 6.80. The Morgan fingerprint density at radius 3 is 2.93 bits per heavy atom. The average molecular weight is 363 g/mol. The fourth-order valence-corrected chi connectivity index (χ4v) is 3.66. The molecule has 0 aliphatic carbocycles. The van der Waals surface area contributed by atoms with E-state index in [1.807, 2.05) is 30.3 Å². The molecule has 0 unspecified atom stereocenters. The Morgan fingerprint density at radius 2 is 2.07 bits per heavy atom. The van der Waals surface area contributed by atoms with Crippen LogP contribution in [-0.2, 0) is 24.4 Å². The standard InChI is InChI=1S/C22H25N3O2/c1-26-22-9-4-6-18(12-22)13-24-14-20-8-5-11-25(20)21(15-24)17-27-16-19-7-2-3-10-23-19/h2-12,21H,13-17H2,1H3/t21-/m1/s1. The van der Waals surface area contributed by atoms with Crippen LogP contribution in [-0.4, -0.2) is 34.7 Å². The van der Waals surface area contributed by atoms with Crippen LogP contribution in [0.3, 0.4) is 0 Å². The van der Waals surface area contributed by atoms with E-state index < -0.39 is 0 Å². The van der Waals surface area contributed by atoms with Gasteiger partial charge < -0.3 is 14.0 Å². The smallest absolute Gasteiger partial charge is 0.119 e. The molecule has 3 aromatic rings. The third kappa shape index (κ3) is 4.38. The van der Waals surface area contributed by atoms with Crippen LogP contribution in [0.15, 0.2) is 67.0 Å². The lowest BCUT2D eigenvalue weighted by atomic mass is 10.1. The SMILES string of the molecule is COc1cccc(CN2Cc3cccn3[C@@H](COCc3ccccn3)C2)c1. The van der Waals surface area contributed by atoms with Gasteiger partial charge >= 0.3 is 0 Å². The molecule has 5 heteroatoms. The van der Waals surface area contributed by atoms with Gasteiger partial charge in [0.25, 0.3) is 0 Å². The number of methoxy groups -OCH3 is 1. The Balaban J connectivity index is 1.41. The second-order valence-electron chi connectivity index (χ2n) is 6.92. The first-order valence-electron chi connectivity index (χ1n) is 9.30. The fraction of sp³-hybridized carbons (Fsp3) is 0.318. The van der Waals surface area contributed by atoms with Crippen LogP contribution in [0.4, 0.5) is 0 Å². The molecule has 1 aliphatic rings. The molecule has 0 fully saturated rings. The predicted octanol–water partition coefficient (Wildman–Crippen LogP) is 3.67. The van der Waals surface area contributed by atoms with E-state index in [4.69, 9.17) is 9.47 Å². The third-order valence-corrected chi connectivity index (χ3v) is 4.94. The predicted molar refractivity (Wildman–Crippen MR) is 104 cm³/mol. The molecule has 0 amide bonds. The van der Waals surface area contributed by atoms with Gasteiger partial charge in [0.05, 0.1) is 32.1 Å². The maximum Gasteiger partial charge on any atom is 0.119 e. The van der Waals surface area contributed by atoms with E-state index in [1.54, 1.807) is 13.3 Å². The molecular weight excluding hydrogens is 338 g/mol. The number of rotatable bonds is 7. The van der Waals surface area contributed by atoms with E-state index in [0.717, 1.165) is 31.1 Å². The Labute approximate surface area is 160 Å². The number of hydrogen-bond donors (Lipinski definition) is 0. The highest BCUT2D eigenvalue weighted by Crippen LogP contribution is 2.25. The largest absolute Gasteiger partial charge is 0.497 e. The quantitative estimate of drug-likeness (QED) is 0.642. The normalized spacial score (nSPS) is 16.9. The lowest BCUT2D eigenvalue weighted by Crippen LogP contribution is -2.38. The van der Waals surface area contributed by atoms with Crippen molar-refractivity contribution in [2.24, 2.45) is 0 Å². The molecule has 1 aromatic carbocycles. The summed E-state index contributed by atoms with van der Waals surface area (Å²) in [7, 11) is 1.71. The molecular formula is C22H25N3O2. The zero-order valence-electron chi connectivity index (χ0n) is 15.6. The third-order valence-electron chi connectivity index (χ3n) is 4.94. The van der Waals surface area contributed by atoms with Gasteiger partial charge in [0.2, 0.25) is 0 Å². The summed E-state index contributed by atoms with van der Waals surface area (Å²) < 4.78 is 13.7. The number of hydrogen-bond acceptors (Lipinski definition) is 4. The Morgan fingerprint density at radius 1 is 1.11 bits per heavy atom. The molecule has 2 aromatic heterocycles. The van der Waals surface area contributed by atoms with Crippen molar-refractivity contribution in [2.75, 3.05) is 20.3 Å². The second kappa shape index (κ2) is 8.37. The van der Waals surface area contributed by atoms with Gasteiger partial charge in [-0.05, 0) is 42.0 Å². The topological polar surface area (TPSA) is 39.5 Å². The van der Waals surface area contributed by atoms with Gasteiger partial charge in [0.15, 0.2) is 0 Å². The summed E-state index contributed by atoms with van der Waals surface area (Å²) in [5.74, 6) is 0.906. The van der Waals surface area contributed by atoms with Crippen molar-refractivity contribution >= 4 is 0 Å². The Bertz CT molecular complexity index is 863. The van der Waals surface area contributed by atoms with Gasteiger partial charge in [0, 0.05) is 37.7 Å². The molecule has 27 heavy (non-hydrogen) atoms. The van der Waals surface area contributed by atoms with Crippen LogP contribution in [0.25, 0.3) is 0 Å². The fourth-order valence-electron chi connectivity index (χ4n) is 3.66. The summed E-state index contributed by atoms with van der Waals surface area (Å²) in [6.07, 6.45) is 3.96. The summed E-state index contributed by atoms with van der Waals surface area (Å²) >= 11 is 0. The monoisotopic (exact) mass is 363 g/mol. The minimum Gasteiger partial charge on any atom is -0.497 e. The Kier molecular flexibility index (Phi) is 5.51. The van der Waals surface area contributed by atoms with E-state index in [1.165, 1.54) is 11.3 Å². The maximum absolute atomic E-state index is 5.99. The van der Waals surface area contributed by atoms with Crippen molar-refractivity contribution in [3.63, 3.8) is 0 Å². The average Bonchev–Trinajstić information content (AvgIpc) is 3.18. The first kappa shape index (κ1) is 17.8. The van der Waals surface area contributed by atoms with E-state index in [-0.39, 0.29) is 0 Å². The van der Waals surface area contributed by atoms with Crippen molar-refractivity contribution < 1.29 is 9.47 Å². The molecule has 0 spiro atoms. The molecule has 4 rings (SSSR count). The summed E-state index contributed by atoms with van der Waals surface area (Å²) in [5, 5.41) is 0.